The maximum Gasteiger partial charge on any atom is 0.335 e. The van der Waals surface area contributed by atoms with Crippen LogP contribution in [0.2, 0.25) is 0 Å². The first kappa shape index (κ1) is 25.1. The number of aromatic nitrogens is 2. The second kappa shape index (κ2) is 10.5. The van der Waals surface area contributed by atoms with Crippen LogP contribution in [0.5, 0.6) is 0 Å². The molecule has 1 atom stereocenters. The molecule has 7 nitrogen and oxygen atoms in total. The van der Waals surface area contributed by atoms with Gasteiger partial charge in [0.2, 0.25) is 0 Å². The summed E-state index contributed by atoms with van der Waals surface area (Å²) in [7, 11) is 0. The molecule has 1 aromatic heterocycles. The van der Waals surface area contributed by atoms with Crippen LogP contribution >= 0.6 is 0 Å². The summed E-state index contributed by atoms with van der Waals surface area (Å²) in [5.41, 5.74) is 9.63. The lowest BCUT2D eigenvalue weighted by Gasteiger charge is -2.28. The van der Waals surface area contributed by atoms with Gasteiger partial charge in [-0.2, -0.15) is 5.10 Å². The molecule has 39 heavy (non-hydrogen) atoms. The van der Waals surface area contributed by atoms with Gasteiger partial charge in [0.1, 0.15) is 0 Å². The number of carbonyl (C=O) groups is 2. The summed E-state index contributed by atoms with van der Waals surface area (Å²) in [6.45, 7) is 5.05. The zero-order valence-electron chi connectivity index (χ0n) is 22.0. The van der Waals surface area contributed by atoms with E-state index in [9.17, 15) is 14.7 Å². The molecule has 3 aromatic carbocycles. The third-order valence-electron chi connectivity index (χ3n) is 8.10. The molecule has 0 spiro atoms. The number of rotatable bonds is 7. The molecule has 0 radical (unpaired) electrons. The van der Waals surface area contributed by atoms with Gasteiger partial charge in [-0.15, -0.1) is 0 Å². The highest BCUT2D eigenvalue weighted by Crippen LogP contribution is 2.35. The fraction of sp³-hybridized carbons (Fsp3) is 0.281. The number of hydrogen-bond donors (Lipinski definition) is 3. The van der Waals surface area contributed by atoms with Crippen LogP contribution in [-0.4, -0.2) is 45.2 Å². The average molecular weight is 521 g/mol. The Balaban J connectivity index is 1.26. The van der Waals surface area contributed by atoms with Crippen LogP contribution in [-0.2, 0) is 25.8 Å². The van der Waals surface area contributed by atoms with Crippen LogP contribution in [0, 0.1) is 6.92 Å². The lowest BCUT2D eigenvalue weighted by Crippen LogP contribution is -2.36. The maximum absolute atomic E-state index is 13.0. The molecule has 0 bridgehead atoms. The molecule has 0 saturated heterocycles. The third kappa shape index (κ3) is 4.98. The predicted octanol–water partition coefficient (Wildman–Crippen LogP) is 5.10. The molecule has 1 unspecified atom stereocenters. The van der Waals surface area contributed by atoms with Gasteiger partial charge in [-0.05, 0) is 85.2 Å². The number of hydrogen-bond acceptors (Lipinski definition) is 4. The molecule has 0 fully saturated rings. The molecule has 2 aliphatic rings. The quantitative estimate of drug-likeness (QED) is 0.315. The van der Waals surface area contributed by atoms with Gasteiger partial charge in [-0.25, -0.2) is 4.79 Å². The fourth-order valence-corrected chi connectivity index (χ4v) is 6.00. The van der Waals surface area contributed by atoms with E-state index in [4.69, 9.17) is 5.10 Å². The minimum atomic E-state index is -0.955. The van der Waals surface area contributed by atoms with E-state index in [1.807, 2.05) is 37.3 Å². The van der Waals surface area contributed by atoms with Crippen molar-refractivity contribution in [1.29, 1.82) is 0 Å². The van der Waals surface area contributed by atoms with Gasteiger partial charge < -0.3 is 10.4 Å². The first-order chi connectivity index (χ1) is 19.0. The SMILES string of the molecule is Cc1cccc2c1CC(c1n[nH]c(CCCN3CCc4ccccc4C3)c1-c1ccc(C(=O)O)cc1)NC2=O. The van der Waals surface area contributed by atoms with Gasteiger partial charge >= 0.3 is 5.97 Å². The summed E-state index contributed by atoms with van der Waals surface area (Å²) in [6, 6.07) is 21.2. The standard InChI is InChI=1S/C32H32N4O3/c1-20-6-4-9-25-26(20)18-28(33-31(25)37)30-29(22-11-13-23(14-12-22)32(38)39)27(34-35-30)10-5-16-36-17-15-21-7-2-3-8-24(21)19-36/h2-4,6-9,11-14,28H,5,10,15-19H2,1H3,(H,33,37)(H,34,35)(H,38,39). The van der Waals surface area contributed by atoms with E-state index in [1.54, 1.807) is 12.1 Å². The van der Waals surface area contributed by atoms with E-state index in [-0.39, 0.29) is 17.5 Å². The third-order valence-corrected chi connectivity index (χ3v) is 8.10. The lowest BCUT2D eigenvalue weighted by molar-refractivity contribution is 0.0696. The largest absolute Gasteiger partial charge is 0.478 e. The molecule has 1 amide bonds. The minimum Gasteiger partial charge on any atom is -0.478 e. The van der Waals surface area contributed by atoms with E-state index in [0.29, 0.717) is 6.42 Å². The molecule has 3 N–H and O–H groups in total. The minimum absolute atomic E-state index is 0.0907. The van der Waals surface area contributed by atoms with E-state index in [2.05, 4.69) is 39.6 Å². The van der Waals surface area contributed by atoms with Crippen LogP contribution in [0.3, 0.4) is 0 Å². The van der Waals surface area contributed by atoms with Crippen LogP contribution < -0.4 is 5.32 Å². The van der Waals surface area contributed by atoms with Gasteiger partial charge in [0.15, 0.2) is 0 Å². The summed E-state index contributed by atoms with van der Waals surface area (Å²) in [6.07, 6.45) is 3.50. The Kier molecular flexibility index (Phi) is 6.75. The summed E-state index contributed by atoms with van der Waals surface area (Å²) in [5, 5.41) is 20.6. The molecular formula is C32H32N4O3. The smallest absolute Gasteiger partial charge is 0.335 e. The Labute approximate surface area is 227 Å². The Hall–Kier alpha value is -4.23. The maximum atomic E-state index is 13.0. The van der Waals surface area contributed by atoms with Crippen molar-refractivity contribution in [3.8, 4) is 11.1 Å². The monoisotopic (exact) mass is 520 g/mol. The number of H-pyrrole nitrogens is 1. The average Bonchev–Trinajstić information content (AvgIpc) is 3.37. The zero-order chi connectivity index (χ0) is 26.9. The number of carboxylic acids is 1. The van der Waals surface area contributed by atoms with Crippen molar-refractivity contribution in [3.05, 3.63) is 111 Å². The van der Waals surface area contributed by atoms with Crippen LogP contribution in [0.1, 0.15) is 66.8 Å². The van der Waals surface area contributed by atoms with E-state index >= 15 is 0 Å². The normalized spacial score (nSPS) is 16.8. The molecule has 2 aliphatic heterocycles. The predicted molar refractivity (Wildman–Crippen MR) is 150 cm³/mol. The molecule has 4 aromatic rings. The number of fused-ring (bicyclic) bond motifs is 2. The molecule has 6 rings (SSSR count). The number of amides is 1. The highest BCUT2D eigenvalue weighted by molar-refractivity contribution is 5.97. The van der Waals surface area contributed by atoms with E-state index in [0.717, 1.165) is 78.1 Å². The van der Waals surface area contributed by atoms with Gasteiger partial charge in [0, 0.05) is 29.9 Å². The summed E-state index contributed by atoms with van der Waals surface area (Å²) in [4.78, 5) is 27.0. The van der Waals surface area contributed by atoms with Crippen molar-refractivity contribution in [2.24, 2.45) is 0 Å². The number of aromatic carboxylic acids is 1. The summed E-state index contributed by atoms with van der Waals surface area (Å²) >= 11 is 0. The summed E-state index contributed by atoms with van der Waals surface area (Å²) in [5.74, 6) is -1.05. The number of carbonyl (C=O) groups excluding carboxylic acids is 1. The van der Waals surface area contributed by atoms with Gasteiger partial charge in [-0.3, -0.25) is 14.8 Å². The lowest BCUT2D eigenvalue weighted by atomic mass is 9.87. The fourth-order valence-electron chi connectivity index (χ4n) is 6.00. The number of carboxylic acid groups (broad SMARTS) is 1. The molecule has 3 heterocycles. The van der Waals surface area contributed by atoms with Gasteiger partial charge in [-0.1, -0.05) is 48.5 Å². The highest BCUT2D eigenvalue weighted by Gasteiger charge is 2.31. The summed E-state index contributed by atoms with van der Waals surface area (Å²) < 4.78 is 0. The van der Waals surface area contributed by atoms with Crippen molar-refractivity contribution in [2.75, 3.05) is 13.1 Å². The molecule has 198 valence electrons. The Morgan fingerprint density at radius 1 is 1.05 bits per heavy atom. The van der Waals surface area contributed by atoms with Crippen LogP contribution in [0.4, 0.5) is 0 Å². The van der Waals surface area contributed by atoms with Crippen molar-refractivity contribution < 1.29 is 14.7 Å². The Bertz CT molecular complexity index is 1540. The second-order valence-corrected chi connectivity index (χ2v) is 10.6. The van der Waals surface area contributed by atoms with E-state index < -0.39 is 5.97 Å². The van der Waals surface area contributed by atoms with E-state index in [1.165, 1.54) is 11.1 Å². The first-order valence-corrected chi connectivity index (χ1v) is 13.6. The van der Waals surface area contributed by atoms with Crippen molar-refractivity contribution >= 4 is 11.9 Å². The highest BCUT2D eigenvalue weighted by atomic mass is 16.4. The number of nitrogens with zero attached hydrogens (tertiary/aromatic N) is 2. The van der Waals surface area contributed by atoms with Crippen molar-refractivity contribution in [3.63, 3.8) is 0 Å². The van der Waals surface area contributed by atoms with Crippen molar-refractivity contribution in [1.82, 2.24) is 20.4 Å². The first-order valence-electron chi connectivity index (χ1n) is 13.6. The molecular weight excluding hydrogens is 488 g/mol. The molecule has 0 aliphatic carbocycles. The van der Waals surface area contributed by atoms with Gasteiger partial charge in [0.05, 0.1) is 17.3 Å². The number of aromatic amines is 1. The number of aryl methyl sites for hydroxylation is 2. The zero-order valence-corrected chi connectivity index (χ0v) is 22.0. The molecule has 0 saturated carbocycles. The molecule has 7 heteroatoms. The number of benzene rings is 3. The second-order valence-electron chi connectivity index (χ2n) is 10.6. The van der Waals surface area contributed by atoms with Crippen LogP contribution in [0.15, 0.2) is 66.7 Å². The Morgan fingerprint density at radius 3 is 2.64 bits per heavy atom. The van der Waals surface area contributed by atoms with Gasteiger partial charge in [0.25, 0.3) is 5.91 Å². The number of nitrogens with one attached hydrogen (secondary N) is 2. The Morgan fingerprint density at radius 2 is 1.85 bits per heavy atom. The topological polar surface area (TPSA) is 98.3 Å². The van der Waals surface area contributed by atoms with Crippen molar-refractivity contribution in [2.45, 2.75) is 45.2 Å². The van der Waals surface area contributed by atoms with Crippen LogP contribution in [0.25, 0.3) is 11.1 Å².